The predicted octanol–water partition coefficient (Wildman–Crippen LogP) is 1.85. The van der Waals surface area contributed by atoms with E-state index < -0.39 is 0 Å². The Morgan fingerprint density at radius 2 is 2.22 bits per heavy atom. The first-order chi connectivity index (χ1) is 13.0. The van der Waals surface area contributed by atoms with E-state index in [1.54, 1.807) is 4.90 Å². The van der Waals surface area contributed by atoms with Crippen LogP contribution in [-0.4, -0.2) is 64.0 Å². The fraction of sp³-hybridized carbons (Fsp3) is 0.550. The summed E-state index contributed by atoms with van der Waals surface area (Å²) >= 11 is 0. The van der Waals surface area contributed by atoms with Crippen LogP contribution in [0.4, 0.5) is 0 Å². The Balaban J connectivity index is 1.70. The molecule has 1 N–H and O–H groups in total. The van der Waals surface area contributed by atoms with Gasteiger partial charge in [0.2, 0.25) is 0 Å². The minimum atomic E-state index is -0.219. The molecule has 1 amide bonds. The van der Waals surface area contributed by atoms with Crippen LogP contribution in [0.15, 0.2) is 29.5 Å². The van der Waals surface area contributed by atoms with Gasteiger partial charge >= 0.3 is 0 Å². The minimum Gasteiger partial charge on any atom is -0.364 e. The van der Waals surface area contributed by atoms with Gasteiger partial charge in [-0.25, -0.2) is 4.98 Å². The zero-order valence-corrected chi connectivity index (χ0v) is 16.4. The lowest BCUT2D eigenvalue weighted by molar-refractivity contribution is 0.0701. The van der Waals surface area contributed by atoms with Crippen molar-refractivity contribution in [1.29, 1.82) is 0 Å². The van der Waals surface area contributed by atoms with Crippen molar-refractivity contribution in [1.82, 2.24) is 24.3 Å². The second-order valence-corrected chi connectivity index (χ2v) is 7.62. The molecule has 0 aliphatic carbocycles. The highest BCUT2D eigenvalue weighted by Crippen LogP contribution is 2.26. The zero-order valence-electron chi connectivity index (χ0n) is 16.4. The van der Waals surface area contributed by atoms with Gasteiger partial charge in [0.15, 0.2) is 5.43 Å². The fourth-order valence-corrected chi connectivity index (χ4v) is 3.71. The van der Waals surface area contributed by atoms with Gasteiger partial charge in [0.25, 0.3) is 5.91 Å². The number of imidazole rings is 1. The third kappa shape index (κ3) is 4.66. The van der Waals surface area contributed by atoms with Gasteiger partial charge < -0.3 is 19.4 Å². The molecule has 2 aromatic heterocycles. The molecule has 0 aromatic carbocycles. The Bertz CT molecular complexity index is 839. The van der Waals surface area contributed by atoms with E-state index >= 15 is 0 Å². The van der Waals surface area contributed by atoms with Gasteiger partial charge in [0.05, 0.1) is 0 Å². The number of amides is 1. The van der Waals surface area contributed by atoms with Gasteiger partial charge in [-0.2, -0.15) is 0 Å². The summed E-state index contributed by atoms with van der Waals surface area (Å²) in [4.78, 5) is 36.6. The van der Waals surface area contributed by atoms with Crippen molar-refractivity contribution >= 4 is 5.91 Å². The topological polar surface area (TPSA) is 74.2 Å². The average Bonchev–Trinajstić information content (AvgIpc) is 3.09. The Hall–Kier alpha value is -2.41. The number of hydrogen-bond acceptors (Lipinski definition) is 4. The van der Waals surface area contributed by atoms with E-state index in [9.17, 15) is 9.59 Å². The van der Waals surface area contributed by atoms with E-state index in [4.69, 9.17) is 0 Å². The van der Waals surface area contributed by atoms with E-state index in [0.29, 0.717) is 13.1 Å². The molecular formula is C20H29N5O2. The lowest BCUT2D eigenvalue weighted by atomic mass is 9.96. The average molecular weight is 371 g/mol. The SMILES string of the molecule is Cc1cc(=O)c(C(=O)N2CCCC(c3nccn3CCCN(C)C)C2)c[nH]1. The number of pyridine rings is 1. The lowest BCUT2D eigenvalue weighted by Gasteiger charge is -2.32. The van der Waals surface area contributed by atoms with Crippen LogP contribution in [0.25, 0.3) is 0 Å². The van der Waals surface area contributed by atoms with Crippen LogP contribution in [0.5, 0.6) is 0 Å². The number of nitrogens with zero attached hydrogens (tertiary/aromatic N) is 4. The summed E-state index contributed by atoms with van der Waals surface area (Å²) < 4.78 is 2.21. The highest BCUT2D eigenvalue weighted by Gasteiger charge is 2.28. The summed E-state index contributed by atoms with van der Waals surface area (Å²) in [7, 11) is 4.15. The smallest absolute Gasteiger partial charge is 0.259 e. The minimum absolute atomic E-state index is 0.188. The number of aryl methyl sites for hydroxylation is 2. The number of piperidine rings is 1. The van der Waals surface area contributed by atoms with Crippen molar-refractivity contribution in [2.45, 2.75) is 38.6 Å². The number of hydrogen-bond donors (Lipinski definition) is 1. The third-order valence-electron chi connectivity index (χ3n) is 5.11. The van der Waals surface area contributed by atoms with Crippen LogP contribution in [-0.2, 0) is 6.54 Å². The number of rotatable bonds is 6. The third-order valence-corrected chi connectivity index (χ3v) is 5.11. The standard InChI is InChI=1S/C20H29N5O2/c1-15-12-18(26)17(13-22-15)20(27)25-9-4-6-16(14-25)19-21-7-11-24(19)10-5-8-23(2)3/h7,11-13,16H,4-6,8-10,14H2,1-3H3,(H,22,26). The maximum Gasteiger partial charge on any atom is 0.259 e. The fourth-order valence-electron chi connectivity index (χ4n) is 3.71. The van der Waals surface area contributed by atoms with Crippen LogP contribution in [0.3, 0.4) is 0 Å². The molecule has 3 heterocycles. The summed E-state index contributed by atoms with van der Waals surface area (Å²) in [6.45, 7) is 5.06. The largest absolute Gasteiger partial charge is 0.364 e. The monoisotopic (exact) mass is 371 g/mol. The molecule has 2 aromatic rings. The lowest BCUT2D eigenvalue weighted by Crippen LogP contribution is -2.41. The van der Waals surface area contributed by atoms with Gasteiger partial charge in [-0.15, -0.1) is 0 Å². The van der Waals surface area contributed by atoms with Crippen LogP contribution >= 0.6 is 0 Å². The molecule has 0 bridgehead atoms. The molecule has 1 aliphatic rings. The zero-order chi connectivity index (χ0) is 19.4. The number of H-pyrrole nitrogens is 1. The van der Waals surface area contributed by atoms with Crippen LogP contribution < -0.4 is 5.43 Å². The highest BCUT2D eigenvalue weighted by molar-refractivity contribution is 5.93. The van der Waals surface area contributed by atoms with Crippen molar-refractivity contribution in [3.05, 3.63) is 52.0 Å². The second-order valence-electron chi connectivity index (χ2n) is 7.62. The summed E-state index contributed by atoms with van der Waals surface area (Å²) in [6.07, 6.45) is 8.40. The Labute approximate surface area is 160 Å². The van der Waals surface area contributed by atoms with E-state index in [2.05, 4.69) is 33.5 Å². The molecule has 7 heteroatoms. The molecule has 1 fully saturated rings. The number of aromatic amines is 1. The maximum absolute atomic E-state index is 12.9. The van der Waals surface area contributed by atoms with E-state index in [1.165, 1.54) is 12.3 Å². The number of carbonyl (C=O) groups is 1. The maximum atomic E-state index is 12.9. The molecule has 1 saturated heterocycles. The Morgan fingerprint density at radius 1 is 1.41 bits per heavy atom. The summed E-state index contributed by atoms with van der Waals surface area (Å²) in [5.41, 5.74) is 0.756. The van der Waals surface area contributed by atoms with E-state index in [1.807, 2.05) is 19.3 Å². The molecule has 1 aliphatic heterocycles. The van der Waals surface area contributed by atoms with Gasteiger partial charge in [-0.3, -0.25) is 9.59 Å². The molecule has 0 radical (unpaired) electrons. The Morgan fingerprint density at radius 3 is 2.96 bits per heavy atom. The number of carbonyl (C=O) groups excluding carboxylic acids is 1. The normalized spacial score (nSPS) is 17.5. The first-order valence-corrected chi connectivity index (χ1v) is 9.60. The Kier molecular flexibility index (Phi) is 6.11. The summed E-state index contributed by atoms with van der Waals surface area (Å²) in [6, 6.07) is 1.48. The van der Waals surface area contributed by atoms with Gasteiger partial charge in [-0.1, -0.05) is 0 Å². The van der Waals surface area contributed by atoms with Crippen molar-refractivity contribution in [3.63, 3.8) is 0 Å². The van der Waals surface area contributed by atoms with Crippen molar-refractivity contribution in [2.75, 3.05) is 33.7 Å². The van der Waals surface area contributed by atoms with Gasteiger partial charge in [0, 0.05) is 55.9 Å². The molecule has 0 spiro atoms. The van der Waals surface area contributed by atoms with Crippen LogP contribution in [0, 0.1) is 6.92 Å². The van der Waals surface area contributed by atoms with Gasteiger partial charge in [-0.05, 0) is 46.8 Å². The first-order valence-electron chi connectivity index (χ1n) is 9.60. The second kappa shape index (κ2) is 8.52. The van der Waals surface area contributed by atoms with Crippen LogP contribution in [0.2, 0.25) is 0 Å². The predicted molar refractivity (Wildman–Crippen MR) is 105 cm³/mol. The van der Waals surface area contributed by atoms with Crippen molar-refractivity contribution in [2.24, 2.45) is 0 Å². The molecule has 3 rings (SSSR count). The van der Waals surface area contributed by atoms with E-state index in [0.717, 1.165) is 43.9 Å². The number of nitrogens with one attached hydrogen (secondary N) is 1. The summed E-state index contributed by atoms with van der Waals surface area (Å²) in [5, 5.41) is 0. The van der Waals surface area contributed by atoms with Crippen molar-refractivity contribution in [3.8, 4) is 0 Å². The molecule has 7 nitrogen and oxygen atoms in total. The molecule has 0 saturated carbocycles. The van der Waals surface area contributed by atoms with Gasteiger partial charge in [0.1, 0.15) is 11.4 Å². The van der Waals surface area contributed by atoms with Crippen molar-refractivity contribution < 1.29 is 4.79 Å². The van der Waals surface area contributed by atoms with Crippen LogP contribution in [0.1, 0.15) is 47.1 Å². The molecular weight excluding hydrogens is 342 g/mol. The quantitative estimate of drug-likeness (QED) is 0.841. The summed E-state index contributed by atoms with van der Waals surface area (Å²) in [5.74, 6) is 1.07. The number of aromatic nitrogens is 3. The molecule has 27 heavy (non-hydrogen) atoms. The molecule has 1 unspecified atom stereocenters. The first kappa shape index (κ1) is 19.4. The molecule has 1 atom stereocenters. The number of likely N-dealkylation sites (tertiary alicyclic amines) is 1. The highest BCUT2D eigenvalue weighted by atomic mass is 16.2. The molecule has 146 valence electrons. The van der Waals surface area contributed by atoms with E-state index in [-0.39, 0.29) is 22.8 Å².